The van der Waals surface area contributed by atoms with Crippen molar-refractivity contribution < 1.29 is 4.92 Å². The summed E-state index contributed by atoms with van der Waals surface area (Å²) in [5.74, 6) is 2.60. The second kappa shape index (κ2) is 5.10. The summed E-state index contributed by atoms with van der Waals surface area (Å²) in [5.41, 5.74) is -0.00886. The standard InChI is InChI=1S/C10H12ClN3O2S/c1-7-6-17-3-2-13(7)10-5-8(14(15)16)4-9(11)12-10/h4-5,7H,2-3,6H2,1H3. The third-order valence-electron chi connectivity index (χ3n) is 2.64. The van der Waals surface area contributed by atoms with Crippen LogP contribution in [0.4, 0.5) is 11.5 Å². The third kappa shape index (κ3) is 2.81. The monoisotopic (exact) mass is 273 g/mol. The van der Waals surface area contributed by atoms with Crippen molar-refractivity contribution in [2.45, 2.75) is 13.0 Å². The second-order valence-corrected chi connectivity index (χ2v) is 5.42. The number of nitro groups is 1. The molecule has 0 N–H and O–H groups in total. The van der Waals surface area contributed by atoms with Gasteiger partial charge in [-0.1, -0.05) is 11.6 Å². The average molecular weight is 274 g/mol. The molecule has 2 rings (SSSR count). The molecule has 1 aliphatic heterocycles. The van der Waals surface area contributed by atoms with Crippen molar-refractivity contribution in [2.75, 3.05) is 23.0 Å². The van der Waals surface area contributed by atoms with E-state index in [1.165, 1.54) is 12.1 Å². The van der Waals surface area contributed by atoms with Gasteiger partial charge in [-0.15, -0.1) is 0 Å². The van der Waals surface area contributed by atoms with Crippen LogP contribution in [0.2, 0.25) is 5.15 Å². The number of rotatable bonds is 2. The molecule has 1 aromatic heterocycles. The Labute approximate surface area is 108 Å². The highest BCUT2D eigenvalue weighted by atomic mass is 35.5. The van der Waals surface area contributed by atoms with Crippen LogP contribution in [0.25, 0.3) is 0 Å². The number of halogens is 1. The van der Waals surface area contributed by atoms with Gasteiger partial charge in [0.1, 0.15) is 11.0 Å². The first kappa shape index (κ1) is 12.4. The summed E-state index contributed by atoms with van der Waals surface area (Å²) >= 11 is 7.69. The molecule has 7 heteroatoms. The van der Waals surface area contributed by atoms with Gasteiger partial charge in [-0.05, 0) is 6.92 Å². The quantitative estimate of drug-likeness (QED) is 0.471. The largest absolute Gasteiger partial charge is 0.352 e. The molecule has 1 fully saturated rings. The highest BCUT2D eigenvalue weighted by Gasteiger charge is 2.22. The van der Waals surface area contributed by atoms with Crippen LogP contribution in [-0.4, -0.2) is 34.0 Å². The molecule has 92 valence electrons. The molecule has 1 saturated heterocycles. The van der Waals surface area contributed by atoms with Crippen molar-refractivity contribution in [1.82, 2.24) is 4.98 Å². The Bertz CT molecular complexity index is 444. The average Bonchev–Trinajstić information content (AvgIpc) is 2.28. The van der Waals surface area contributed by atoms with E-state index in [0.29, 0.717) is 11.9 Å². The van der Waals surface area contributed by atoms with Gasteiger partial charge in [-0.3, -0.25) is 10.1 Å². The van der Waals surface area contributed by atoms with Gasteiger partial charge >= 0.3 is 0 Å². The predicted molar refractivity (Wildman–Crippen MR) is 70.0 cm³/mol. The van der Waals surface area contributed by atoms with Gasteiger partial charge < -0.3 is 4.90 Å². The molecule has 0 saturated carbocycles. The zero-order valence-electron chi connectivity index (χ0n) is 9.30. The van der Waals surface area contributed by atoms with Gasteiger partial charge in [0.2, 0.25) is 0 Å². The number of hydrogen-bond acceptors (Lipinski definition) is 5. The fraction of sp³-hybridized carbons (Fsp3) is 0.500. The summed E-state index contributed by atoms with van der Waals surface area (Å²) in [7, 11) is 0. The van der Waals surface area contributed by atoms with Gasteiger partial charge in [0.05, 0.1) is 17.1 Å². The number of aromatic nitrogens is 1. The molecule has 2 heterocycles. The lowest BCUT2D eigenvalue weighted by Gasteiger charge is -2.33. The fourth-order valence-electron chi connectivity index (χ4n) is 1.79. The van der Waals surface area contributed by atoms with Gasteiger partial charge in [0.25, 0.3) is 5.69 Å². The maximum absolute atomic E-state index is 10.8. The van der Waals surface area contributed by atoms with Crippen LogP contribution in [0.5, 0.6) is 0 Å². The van der Waals surface area contributed by atoms with E-state index in [1.807, 2.05) is 11.8 Å². The molecule has 0 spiro atoms. The molecule has 1 aromatic rings. The first-order chi connectivity index (χ1) is 8.08. The van der Waals surface area contributed by atoms with Gasteiger partial charge in [-0.25, -0.2) is 4.98 Å². The predicted octanol–water partition coefficient (Wildman–Crippen LogP) is 2.58. The Hall–Kier alpha value is -1.01. The molecular weight excluding hydrogens is 262 g/mol. The molecule has 1 atom stereocenters. The van der Waals surface area contributed by atoms with Crippen LogP contribution < -0.4 is 4.90 Å². The van der Waals surface area contributed by atoms with E-state index in [1.54, 1.807) is 0 Å². The molecule has 17 heavy (non-hydrogen) atoms. The van der Waals surface area contributed by atoms with E-state index in [4.69, 9.17) is 11.6 Å². The van der Waals surface area contributed by atoms with Gasteiger partial charge in [0.15, 0.2) is 0 Å². The Morgan fingerprint density at radius 1 is 1.65 bits per heavy atom. The van der Waals surface area contributed by atoms with Crippen LogP contribution in [-0.2, 0) is 0 Å². The lowest BCUT2D eigenvalue weighted by atomic mass is 10.3. The first-order valence-electron chi connectivity index (χ1n) is 5.24. The Morgan fingerprint density at radius 3 is 3.06 bits per heavy atom. The first-order valence-corrected chi connectivity index (χ1v) is 6.77. The molecule has 0 bridgehead atoms. The van der Waals surface area contributed by atoms with Crippen LogP contribution in [0.1, 0.15) is 6.92 Å². The number of anilines is 1. The zero-order chi connectivity index (χ0) is 12.4. The highest BCUT2D eigenvalue weighted by molar-refractivity contribution is 7.99. The summed E-state index contributed by atoms with van der Waals surface area (Å²) in [6.45, 7) is 2.93. The van der Waals surface area contributed by atoms with Gasteiger partial charge in [0, 0.05) is 24.1 Å². The molecule has 0 radical (unpaired) electrons. The highest BCUT2D eigenvalue weighted by Crippen LogP contribution is 2.27. The van der Waals surface area contributed by atoms with E-state index in [0.717, 1.165) is 18.1 Å². The molecule has 0 aromatic carbocycles. The fourth-order valence-corrected chi connectivity index (χ4v) is 3.00. The normalized spacial score (nSPS) is 20.4. The minimum Gasteiger partial charge on any atom is -0.352 e. The molecular formula is C10H12ClN3O2S. The molecule has 5 nitrogen and oxygen atoms in total. The Kier molecular flexibility index (Phi) is 3.73. The number of pyridine rings is 1. The second-order valence-electron chi connectivity index (χ2n) is 3.88. The molecule has 1 unspecified atom stereocenters. The van der Waals surface area contributed by atoms with Crippen LogP contribution in [0, 0.1) is 10.1 Å². The van der Waals surface area contributed by atoms with Crippen molar-refractivity contribution in [2.24, 2.45) is 0 Å². The number of thioether (sulfide) groups is 1. The number of nitrogens with zero attached hydrogens (tertiary/aromatic N) is 3. The third-order valence-corrected chi connectivity index (χ3v) is 4.02. The SMILES string of the molecule is CC1CSCCN1c1cc([N+](=O)[O-])cc(Cl)n1. The van der Waals surface area contributed by atoms with Crippen molar-refractivity contribution in [1.29, 1.82) is 0 Å². The topological polar surface area (TPSA) is 59.3 Å². The minimum absolute atomic E-state index is 0.00886. The lowest BCUT2D eigenvalue weighted by Crippen LogP contribution is -2.40. The molecule has 1 aliphatic rings. The maximum atomic E-state index is 10.8. The van der Waals surface area contributed by atoms with Crippen molar-refractivity contribution >= 4 is 34.9 Å². The van der Waals surface area contributed by atoms with E-state index >= 15 is 0 Å². The minimum atomic E-state index is -0.444. The summed E-state index contributed by atoms with van der Waals surface area (Å²) in [4.78, 5) is 16.6. The molecule has 0 amide bonds. The van der Waals surface area contributed by atoms with Crippen molar-refractivity contribution in [3.05, 3.63) is 27.4 Å². The Morgan fingerprint density at radius 2 is 2.41 bits per heavy atom. The Balaban J connectivity index is 2.33. The summed E-state index contributed by atoms with van der Waals surface area (Å²) in [6, 6.07) is 3.08. The van der Waals surface area contributed by atoms with Crippen molar-refractivity contribution in [3.63, 3.8) is 0 Å². The number of hydrogen-bond donors (Lipinski definition) is 0. The van der Waals surface area contributed by atoms with Crippen LogP contribution in [0.15, 0.2) is 12.1 Å². The zero-order valence-corrected chi connectivity index (χ0v) is 10.9. The maximum Gasteiger partial charge on any atom is 0.276 e. The summed E-state index contributed by atoms with van der Waals surface area (Å²) in [6.07, 6.45) is 0. The van der Waals surface area contributed by atoms with Crippen LogP contribution in [0.3, 0.4) is 0 Å². The van der Waals surface area contributed by atoms with E-state index in [-0.39, 0.29) is 10.8 Å². The lowest BCUT2D eigenvalue weighted by molar-refractivity contribution is -0.384. The van der Waals surface area contributed by atoms with Gasteiger partial charge in [-0.2, -0.15) is 11.8 Å². The van der Waals surface area contributed by atoms with E-state index < -0.39 is 4.92 Å². The van der Waals surface area contributed by atoms with E-state index in [9.17, 15) is 10.1 Å². The van der Waals surface area contributed by atoms with Crippen molar-refractivity contribution in [3.8, 4) is 0 Å². The van der Waals surface area contributed by atoms with E-state index in [2.05, 4.69) is 16.8 Å². The smallest absolute Gasteiger partial charge is 0.276 e. The molecule has 0 aliphatic carbocycles. The summed E-state index contributed by atoms with van der Waals surface area (Å²) < 4.78 is 0. The van der Waals surface area contributed by atoms with Crippen LogP contribution >= 0.6 is 23.4 Å². The summed E-state index contributed by atoms with van der Waals surface area (Å²) in [5, 5.41) is 10.9.